The topological polar surface area (TPSA) is 136 Å². The molecule has 0 amide bonds. The van der Waals surface area contributed by atoms with E-state index in [1.165, 1.54) is 25.5 Å². The van der Waals surface area contributed by atoms with Crippen LogP contribution < -0.4 is 10.2 Å². The number of aromatic hydroxyl groups is 1. The zero-order valence-corrected chi connectivity index (χ0v) is 15.7. The van der Waals surface area contributed by atoms with Gasteiger partial charge in [0.25, 0.3) is 0 Å². The number of phenols is 1. The van der Waals surface area contributed by atoms with Crippen LogP contribution in [0, 0.1) is 10.1 Å². The second kappa shape index (κ2) is 8.94. The van der Waals surface area contributed by atoms with E-state index in [0.717, 1.165) is 11.3 Å². The zero-order valence-electron chi connectivity index (χ0n) is 14.9. The maximum absolute atomic E-state index is 11.7. The Kier molecular flexibility index (Phi) is 6.66. The van der Waals surface area contributed by atoms with E-state index in [1.54, 1.807) is 6.92 Å². The molecule has 144 valence electrons. The predicted molar refractivity (Wildman–Crippen MR) is 100.0 cm³/mol. The van der Waals surface area contributed by atoms with Crippen LogP contribution in [0.4, 0.5) is 10.8 Å². The molecule has 11 heteroatoms. The van der Waals surface area contributed by atoms with Crippen molar-refractivity contribution in [2.45, 2.75) is 20.3 Å². The molecular formula is C16H18N4O6S. The number of nitrogens with one attached hydrogen (secondary N) is 1. The lowest BCUT2D eigenvalue weighted by molar-refractivity contribution is -0.386. The lowest BCUT2D eigenvalue weighted by Crippen LogP contribution is -2.01. The lowest BCUT2D eigenvalue weighted by atomic mass is 10.2. The largest absolute Gasteiger partial charge is 0.500 e. The van der Waals surface area contributed by atoms with Crippen LogP contribution in [0.3, 0.4) is 0 Å². The molecule has 0 radical (unpaired) electrons. The standard InChI is InChI=1S/C16H18N4O6S/c1-4-10-14(15(22)25-3)27-16(18-10)19-17-8-9-6-11(20(23)24)13(21)12(7-9)26-5-2/h6-8,21H,4-5H2,1-3H3,(H,18,19)/b17-8-. The highest BCUT2D eigenvalue weighted by Crippen LogP contribution is 2.36. The van der Waals surface area contributed by atoms with E-state index in [2.05, 4.69) is 15.5 Å². The molecule has 0 aliphatic heterocycles. The first-order chi connectivity index (χ1) is 12.9. The molecule has 27 heavy (non-hydrogen) atoms. The minimum atomic E-state index is -0.709. The van der Waals surface area contributed by atoms with Crippen LogP contribution in [0.25, 0.3) is 0 Å². The number of carbonyl (C=O) groups excluding carboxylic acids is 1. The average molecular weight is 394 g/mol. The molecule has 2 aromatic rings. The Bertz CT molecular complexity index is 880. The van der Waals surface area contributed by atoms with Crippen LogP contribution in [0.2, 0.25) is 0 Å². The van der Waals surface area contributed by atoms with Gasteiger partial charge >= 0.3 is 11.7 Å². The minimum absolute atomic E-state index is 0.0105. The maximum Gasteiger partial charge on any atom is 0.350 e. The molecule has 0 spiro atoms. The molecule has 1 aromatic carbocycles. The van der Waals surface area contributed by atoms with Gasteiger partial charge in [0.05, 0.1) is 30.5 Å². The number of nitrogens with zero attached hydrogens (tertiary/aromatic N) is 3. The van der Waals surface area contributed by atoms with Crippen molar-refractivity contribution in [2.24, 2.45) is 5.10 Å². The summed E-state index contributed by atoms with van der Waals surface area (Å²) < 4.78 is 9.92. The lowest BCUT2D eigenvalue weighted by Gasteiger charge is -2.07. The van der Waals surface area contributed by atoms with Crippen molar-refractivity contribution in [3.63, 3.8) is 0 Å². The number of ether oxygens (including phenoxy) is 2. The highest BCUT2D eigenvalue weighted by atomic mass is 32.1. The van der Waals surface area contributed by atoms with E-state index < -0.39 is 22.3 Å². The predicted octanol–water partition coefficient (Wildman–Crippen LogP) is 2.95. The summed E-state index contributed by atoms with van der Waals surface area (Å²) in [6, 6.07) is 2.60. The number of thiazole rings is 1. The maximum atomic E-state index is 11.7. The van der Waals surface area contributed by atoms with Crippen molar-refractivity contribution in [3.8, 4) is 11.5 Å². The van der Waals surface area contributed by atoms with Gasteiger partial charge in [0.2, 0.25) is 10.9 Å². The van der Waals surface area contributed by atoms with Gasteiger partial charge in [-0.2, -0.15) is 5.10 Å². The van der Waals surface area contributed by atoms with Gasteiger partial charge in [-0.05, 0) is 19.4 Å². The summed E-state index contributed by atoms with van der Waals surface area (Å²) in [6.45, 7) is 3.79. The summed E-state index contributed by atoms with van der Waals surface area (Å²) in [5.41, 5.74) is 3.12. The van der Waals surface area contributed by atoms with E-state index in [1.807, 2.05) is 6.92 Å². The third-order valence-corrected chi connectivity index (χ3v) is 4.33. The quantitative estimate of drug-likeness (QED) is 0.302. The molecule has 2 N–H and O–H groups in total. The van der Waals surface area contributed by atoms with Crippen molar-refractivity contribution in [1.29, 1.82) is 0 Å². The Balaban J connectivity index is 2.24. The summed E-state index contributed by atoms with van der Waals surface area (Å²) in [5, 5.41) is 25.3. The Morgan fingerprint density at radius 1 is 1.48 bits per heavy atom. The number of rotatable bonds is 8. The summed E-state index contributed by atoms with van der Waals surface area (Å²) in [6.07, 6.45) is 1.87. The third-order valence-electron chi connectivity index (χ3n) is 3.35. The molecule has 1 aromatic heterocycles. The molecule has 0 unspecified atom stereocenters. The highest BCUT2D eigenvalue weighted by molar-refractivity contribution is 7.17. The number of esters is 1. The van der Waals surface area contributed by atoms with Gasteiger partial charge in [0.1, 0.15) is 4.88 Å². The molecule has 10 nitrogen and oxygen atoms in total. The number of hydrazone groups is 1. The second-order valence-electron chi connectivity index (χ2n) is 5.09. The SMILES string of the molecule is CCOc1cc(/C=N\Nc2nc(CC)c(C(=O)OC)s2)cc([N+](=O)[O-])c1O. The van der Waals surface area contributed by atoms with Crippen molar-refractivity contribution < 1.29 is 24.3 Å². The normalized spacial score (nSPS) is 10.8. The van der Waals surface area contributed by atoms with Crippen LogP contribution in [0.15, 0.2) is 17.2 Å². The van der Waals surface area contributed by atoms with Gasteiger partial charge < -0.3 is 14.6 Å². The van der Waals surface area contributed by atoms with Gasteiger partial charge in [-0.3, -0.25) is 15.5 Å². The van der Waals surface area contributed by atoms with Gasteiger partial charge in [0.15, 0.2) is 5.75 Å². The fourth-order valence-corrected chi connectivity index (χ4v) is 3.07. The van der Waals surface area contributed by atoms with Crippen LogP contribution in [0.1, 0.15) is 34.8 Å². The van der Waals surface area contributed by atoms with Crippen molar-refractivity contribution in [3.05, 3.63) is 38.4 Å². The molecule has 2 rings (SSSR count). The van der Waals surface area contributed by atoms with E-state index in [9.17, 15) is 20.0 Å². The third kappa shape index (κ3) is 4.70. The number of nitro groups is 1. The molecule has 0 saturated carbocycles. The molecule has 0 saturated heterocycles. The number of aryl methyl sites for hydroxylation is 1. The highest BCUT2D eigenvalue weighted by Gasteiger charge is 2.20. The monoisotopic (exact) mass is 394 g/mol. The zero-order chi connectivity index (χ0) is 20.0. The van der Waals surface area contributed by atoms with Gasteiger partial charge in [-0.25, -0.2) is 9.78 Å². The number of phenolic OH excluding ortho intramolecular Hbond substituents is 1. The van der Waals surface area contributed by atoms with Crippen LogP contribution >= 0.6 is 11.3 Å². The van der Waals surface area contributed by atoms with Crippen molar-refractivity contribution in [2.75, 3.05) is 19.1 Å². The van der Waals surface area contributed by atoms with E-state index >= 15 is 0 Å². The summed E-state index contributed by atoms with van der Waals surface area (Å²) >= 11 is 1.09. The summed E-state index contributed by atoms with van der Waals surface area (Å²) in [5.74, 6) is -1.03. The van der Waals surface area contributed by atoms with E-state index in [4.69, 9.17) is 9.47 Å². The molecule has 0 atom stereocenters. The summed E-state index contributed by atoms with van der Waals surface area (Å²) in [4.78, 5) is 26.7. The first-order valence-electron chi connectivity index (χ1n) is 7.92. The average Bonchev–Trinajstić information content (AvgIpc) is 3.06. The first-order valence-corrected chi connectivity index (χ1v) is 8.74. The number of carbonyl (C=O) groups is 1. The number of benzene rings is 1. The van der Waals surface area contributed by atoms with E-state index in [0.29, 0.717) is 27.7 Å². The number of methoxy groups -OCH3 is 1. The Morgan fingerprint density at radius 2 is 2.22 bits per heavy atom. The molecule has 0 fully saturated rings. The first kappa shape index (κ1) is 20.1. The van der Waals surface area contributed by atoms with Crippen LogP contribution in [0.5, 0.6) is 11.5 Å². The minimum Gasteiger partial charge on any atom is -0.500 e. The van der Waals surface area contributed by atoms with Crippen molar-refractivity contribution >= 4 is 34.3 Å². The van der Waals surface area contributed by atoms with Crippen LogP contribution in [-0.2, 0) is 11.2 Å². The van der Waals surface area contributed by atoms with Gasteiger partial charge in [-0.1, -0.05) is 18.3 Å². The molecule has 0 aliphatic rings. The molecule has 0 aliphatic carbocycles. The number of anilines is 1. The van der Waals surface area contributed by atoms with Gasteiger partial charge in [-0.15, -0.1) is 0 Å². The van der Waals surface area contributed by atoms with Crippen molar-refractivity contribution in [1.82, 2.24) is 4.98 Å². The number of hydrogen-bond acceptors (Lipinski definition) is 10. The smallest absolute Gasteiger partial charge is 0.350 e. The Morgan fingerprint density at radius 3 is 2.81 bits per heavy atom. The number of hydrogen-bond donors (Lipinski definition) is 2. The molecule has 1 heterocycles. The summed E-state index contributed by atoms with van der Waals surface area (Å²) in [7, 11) is 1.29. The fraction of sp³-hybridized carbons (Fsp3) is 0.312. The molecular weight excluding hydrogens is 376 g/mol. The number of nitro benzene ring substituents is 1. The Labute approximate surface area is 158 Å². The second-order valence-corrected chi connectivity index (χ2v) is 6.09. The molecule has 0 bridgehead atoms. The van der Waals surface area contributed by atoms with Crippen LogP contribution in [-0.4, -0.2) is 40.9 Å². The Hall–Kier alpha value is -3.21. The van der Waals surface area contributed by atoms with E-state index in [-0.39, 0.29) is 12.4 Å². The van der Waals surface area contributed by atoms with Gasteiger partial charge in [0, 0.05) is 11.6 Å². The fourth-order valence-electron chi connectivity index (χ4n) is 2.15. The number of aromatic nitrogens is 1.